The van der Waals surface area contributed by atoms with E-state index in [1.54, 1.807) is 0 Å². The van der Waals surface area contributed by atoms with E-state index in [9.17, 15) is 13.2 Å². The number of nitrogens with two attached hydrogens (primary N) is 2. The molecule has 4 aromatic carbocycles. The van der Waals surface area contributed by atoms with Crippen molar-refractivity contribution in [2.24, 2.45) is 0 Å². The maximum Gasteiger partial charge on any atom is 0.457 e. The Balaban J connectivity index is 1.92. The van der Waals surface area contributed by atoms with Crippen LogP contribution in [-0.2, 0) is 5.67 Å². The molecule has 0 radical (unpaired) electrons. The largest absolute Gasteiger partial charge is 0.457 e. The van der Waals surface area contributed by atoms with Crippen LogP contribution < -0.4 is 20.9 Å². The maximum absolute atomic E-state index is 16.9. The highest BCUT2D eigenvalue weighted by Crippen LogP contribution is 2.58. The van der Waals surface area contributed by atoms with E-state index in [4.69, 9.17) is 20.9 Å². The molecule has 0 amide bonds. The number of benzene rings is 4. The molecule has 0 saturated carbocycles. The van der Waals surface area contributed by atoms with Gasteiger partial charge in [-0.25, -0.2) is 4.39 Å². The molecule has 192 valence electrons. The van der Waals surface area contributed by atoms with Crippen LogP contribution in [0.3, 0.4) is 0 Å². The van der Waals surface area contributed by atoms with Crippen molar-refractivity contribution in [1.82, 2.24) is 0 Å². The topological polar surface area (TPSA) is 70.5 Å². The summed E-state index contributed by atoms with van der Waals surface area (Å²) in [6.07, 6.45) is -6.27. The van der Waals surface area contributed by atoms with Crippen LogP contribution in [-0.4, -0.2) is 12.1 Å². The predicted octanol–water partition coefficient (Wildman–Crippen LogP) is 7.85. The Morgan fingerprint density at radius 3 is 1.19 bits per heavy atom. The number of para-hydroxylation sites is 2. The SMILES string of the molecule is Nc1ccc(Oc2ccccc2C(F)(c2ccccc2Oc2ccc(N)cc2)C(F)(F)C(F)(F)F)cc1. The minimum Gasteiger partial charge on any atom is -0.457 e. The van der Waals surface area contributed by atoms with Gasteiger partial charge in [-0.1, -0.05) is 36.4 Å². The van der Waals surface area contributed by atoms with E-state index in [0.717, 1.165) is 36.4 Å². The minimum atomic E-state index is -6.27. The molecule has 0 bridgehead atoms. The smallest absolute Gasteiger partial charge is 0.457 e. The molecule has 0 unspecified atom stereocenters. The molecule has 4 nitrogen and oxygen atoms in total. The first-order valence-electron chi connectivity index (χ1n) is 10.8. The normalized spacial score (nSPS) is 12.3. The van der Waals surface area contributed by atoms with Crippen molar-refractivity contribution in [1.29, 1.82) is 0 Å². The van der Waals surface area contributed by atoms with E-state index in [0.29, 0.717) is 11.4 Å². The molecule has 0 aromatic heterocycles. The number of hydrogen-bond acceptors (Lipinski definition) is 4. The molecule has 4 rings (SSSR count). The lowest BCUT2D eigenvalue weighted by Crippen LogP contribution is -2.53. The molecule has 0 aliphatic rings. The number of anilines is 2. The van der Waals surface area contributed by atoms with Gasteiger partial charge < -0.3 is 20.9 Å². The second kappa shape index (κ2) is 9.61. The van der Waals surface area contributed by atoms with Crippen molar-refractivity contribution in [3.63, 3.8) is 0 Å². The van der Waals surface area contributed by atoms with Gasteiger partial charge in [-0.2, -0.15) is 22.0 Å². The number of rotatable bonds is 7. The molecule has 0 saturated heterocycles. The van der Waals surface area contributed by atoms with Crippen LogP contribution in [0.25, 0.3) is 0 Å². The summed E-state index contributed by atoms with van der Waals surface area (Å²) in [5.74, 6) is -6.92. The van der Waals surface area contributed by atoms with Crippen LogP contribution in [0.1, 0.15) is 11.1 Å². The zero-order chi connectivity index (χ0) is 26.8. The van der Waals surface area contributed by atoms with Crippen molar-refractivity contribution < 1.29 is 35.8 Å². The molecule has 0 heterocycles. The van der Waals surface area contributed by atoms with Crippen molar-refractivity contribution >= 4 is 11.4 Å². The molecular formula is C27H20F6N2O2. The third kappa shape index (κ3) is 4.87. The Hall–Kier alpha value is -4.34. The van der Waals surface area contributed by atoms with Gasteiger partial charge in [-0.05, 0) is 60.7 Å². The quantitative estimate of drug-likeness (QED) is 0.193. The maximum atomic E-state index is 16.9. The van der Waals surface area contributed by atoms with Crippen LogP contribution in [0.5, 0.6) is 23.0 Å². The first-order valence-corrected chi connectivity index (χ1v) is 10.8. The number of ether oxygens (including phenoxy) is 2. The molecule has 10 heteroatoms. The highest BCUT2D eigenvalue weighted by molar-refractivity contribution is 5.54. The second-order valence-electron chi connectivity index (χ2n) is 8.07. The molecular weight excluding hydrogens is 498 g/mol. The van der Waals surface area contributed by atoms with Gasteiger partial charge in [-0.15, -0.1) is 0 Å². The summed E-state index contributed by atoms with van der Waals surface area (Å²) >= 11 is 0. The highest BCUT2D eigenvalue weighted by Gasteiger charge is 2.74. The summed E-state index contributed by atoms with van der Waals surface area (Å²) in [6.45, 7) is 0. The summed E-state index contributed by atoms with van der Waals surface area (Å²) in [5, 5.41) is 0. The zero-order valence-corrected chi connectivity index (χ0v) is 19.0. The summed E-state index contributed by atoms with van der Waals surface area (Å²) in [6, 6.07) is 19.9. The van der Waals surface area contributed by atoms with Gasteiger partial charge in [0.2, 0.25) is 5.67 Å². The van der Waals surface area contributed by atoms with Gasteiger partial charge in [0.1, 0.15) is 23.0 Å². The molecule has 37 heavy (non-hydrogen) atoms. The lowest BCUT2D eigenvalue weighted by atomic mass is 9.81. The third-order valence-corrected chi connectivity index (χ3v) is 5.52. The van der Waals surface area contributed by atoms with E-state index < -0.39 is 40.4 Å². The second-order valence-corrected chi connectivity index (χ2v) is 8.07. The van der Waals surface area contributed by atoms with Crippen molar-refractivity contribution in [2.45, 2.75) is 17.8 Å². The average Bonchev–Trinajstić information content (AvgIpc) is 2.86. The fourth-order valence-electron chi connectivity index (χ4n) is 3.68. The molecule has 4 N–H and O–H groups in total. The van der Waals surface area contributed by atoms with Crippen molar-refractivity contribution in [3.8, 4) is 23.0 Å². The molecule has 0 aliphatic heterocycles. The average molecular weight is 518 g/mol. The van der Waals surface area contributed by atoms with E-state index >= 15 is 13.2 Å². The molecule has 0 atom stereocenters. The number of nitrogen functional groups attached to an aromatic ring is 2. The number of halogens is 6. The fraction of sp³-hybridized carbons (Fsp3) is 0.111. The van der Waals surface area contributed by atoms with E-state index in [1.807, 2.05) is 0 Å². The predicted molar refractivity (Wildman–Crippen MR) is 128 cm³/mol. The summed E-state index contributed by atoms with van der Waals surface area (Å²) < 4.78 is 100.0. The van der Waals surface area contributed by atoms with Gasteiger partial charge in [0.05, 0.1) is 0 Å². The standard InChI is InChI=1S/C27H20F6N2O2/c28-25(26(29,30)27(31,32)33,21-5-1-3-7-23(21)36-19-13-9-17(34)10-14-19)22-6-2-4-8-24(22)37-20-15-11-18(35)12-16-20/h1-16H,34-35H2. The Morgan fingerprint density at radius 2 is 0.838 bits per heavy atom. The number of hydrogen-bond donors (Lipinski definition) is 2. The van der Waals surface area contributed by atoms with Crippen LogP contribution >= 0.6 is 0 Å². The van der Waals surface area contributed by atoms with E-state index in [2.05, 4.69) is 0 Å². The molecule has 0 fully saturated rings. The van der Waals surface area contributed by atoms with Crippen LogP contribution in [0.2, 0.25) is 0 Å². The Kier molecular flexibility index (Phi) is 6.68. The number of alkyl halides is 6. The molecule has 0 spiro atoms. The Labute approximate surface area is 208 Å². The van der Waals surface area contributed by atoms with Gasteiger partial charge in [-0.3, -0.25) is 0 Å². The lowest BCUT2D eigenvalue weighted by molar-refractivity contribution is -0.323. The monoisotopic (exact) mass is 518 g/mol. The Bertz CT molecular complexity index is 1280. The van der Waals surface area contributed by atoms with Crippen LogP contribution in [0.4, 0.5) is 37.7 Å². The molecule has 4 aromatic rings. The van der Waals surface area contributed by atoms with Crippen LogP contribution in [0, 0.1) is 0 Å². The molecule has 0 aliphatic carbocycles. The lowest BCUT2D eigenvalue weighted by Gasteiger charge is -2.36. The van der Waals surface area contributed by atoms with Gasteiger partial charge in [0.25, 0.3) is 0 Å². The Morgan fingerprint density at radius 1 is 0.486 bits per heavy atom. The van der Waals surface area contributed by atoms with E-state index in [1.165, 1.54) is 60.7 Å². The van der Waals surface area contributed by atoms with Gasteiger partial charge in [0, 0.05) is 22.5 Å². The van der Waals surface area contributed by atoms with Gasteiger partial charge >= 0.3 is 12.1 Å². The summed E-state index contributed by atoms with van der Waals surface area (Å²) in [7, 11) is 0. The third-order valence-electron chi connectivity index (χ3n) is 5.52. The minimum absolute atomic E-state index is 0.0470. The first kappa shape index (κ1) is 25.7. The van der Waals surface area contributed by atoms with E-state index in [-0.39, 0.29) is 11.5 Å². The zero-order valence-electron chi connectivity index (χ0n) is 19.0. The summed E-state index contributed by atoms with van der Waals surface area (Å²) in [4.78, 5) is 0. The summed E-state index contributed by atoms with van der Waals surface area (Å²) in [5.41, 5.74) is 5.41. The first-order chi connectivity index (χ1) is 17.4. The van der Waals surface area contributed by atoms with Crippen molar-refractivity contribution in [3.05, 3.63) is 108 Å². The highest BCUT2D eigenvalue weighted by atomic mass is 19.4. The fourth-order valence-corrected chi connectivity index (χ4v) is 3.68. The van der Waals surface area contributed by atoms with Crippen molar-refractivity contribution in [2.75, 3.05) is 11.5 Å². The van der Waals surface area contributed by atoms with Gasteiger partial charge in [0.15, 0.2) is 0 Å². The van der Waals surface area contributed by atoms with Crippen LogP contribution in [0.15, 0.2) is 97.1 Å².